The number of esters is 1. The molecule has 8 nitrogen and oxygen atoms in total. The molecule has 9 heteroatoms. The fourth-order valence-corrected chi connectivity index (χ4v) is 5.29. The van der Waals surface area contributed by atoms with Crippen molar-refractivity contribution in [2.45, 2.75) is 50.8 Å². The largest absolute Gasteiger partial charge is 0.482 e. The van der Waals surface area contributed by atoms with Crippen LogP contribution in [0.4, 0.5) is 5.69 Å². The van der Waals surface area contributed by atoms with Gasteiger partial charge in [-0.1, -0.05) is 44.5 Å². The molecule has 1 amide bonds. The maximum absolute atomic E-state index is 12.9. The van der Waals surface area contributed by atoms with E-state index in [-0.39, 0.29) is 17.4 Å². The standard InChI is InChI=1S/C25H32N2O6S/c1-18(2)21-9-5-6-10-23(21)32-17-25(29)33-16-24(28)26-22-15-20(12-11-19(22)3)34(30,31)27-13-7-4-8-14-27/h5-6,9-12,15,18H,4,7-8,13-14,16-17H2,1-3H3,(H,26,28). The van der Waals surface area contributed by atoms with Crippen molar-refractivity contribution in [1.29, 1.82) is 0 Å². The molecule has 1 saturated heterocycles. The number of nitrogens with zero attached hydrogens (tertiary/aromatic N) is 1. The molecule has 1 N–H and O–H groups in total. The average molecular weight is 489 g/mol. The quantitative estimate of drug-likeness (QED) is 0.538. The highest BCUT2D eigenvalue weighted by Gasteiger charge is 2.26. The Morgan fingerprint density at radius 1 is 1.03 bits per heavy atom. The van der Waals surface area contributed by atoms with Gasteiger partial charge in [-0.25, -0.2) is 13.2 Å². The van der Waals surface area contributed by atoms with E-state index in [9.17, 15) is 18.0 Å². The second-order valence-corrected chi connectivity index (χ2v) is 10.6. The summed E-state index contributed by atoms with van der Waals surface area (Å²) >= 11 is 0. The molecule has 34 heavy (non-hydrogen) atoms. The van der Waals surface area contributed by atoms with E-state index in [4.69, 9.17) is 9.47 Å². The first-order valence-electron chi connectivity index (χ1n) is 11.5. The number of piperidine rings is 1. The molecule has 1 heterocycles. The maximum Gasteiger partial charge on any atom is 0.344 e. The minimum absolute atomic E-state index is 0.129. The van der Waals surface area contributed by atoms with Crippen LogP contribution in [-0.2, 0) is 24.3 Å². The van der Waals surface area contributed by atoms with Crippen LogP contribution in [0.5, 0.6) is 5.75 Å². The Labute approximate surface area is 201 Å². The number of sulfonamides is 1. The van der Waals surface area contributed by atoms with Gasteiger partial charge in [-0.15, -0.1) is 0 Å². The van der Waals surface area contributed by atoms with E-state index >= 15 is 0 Å². The number of benzene rings is 2. The van der Waals surface area contributed by atoms with Gasteiger partial charge in [0.1, 0.15) is 5.75 Å². The van der Waals surface area contributed by atoms with Crippen LogP contribution < -0.4 is 10.1 Å². The predicted octanol–water partition coefficient (Wildman–Crippen LogP) is 3.85. The molecule has 2 aromatic rings. The Morgan fingerprint density at radius 2 is 1.74 bits per heavy atom. The summed E-state index contributed by atoms with van der Waals surface area (Å²) in [4.78, 5) is 24.6. The number of nitrogens with one attached hydrogen (secondary N) is 1. The van der Waals surface area contributed by atoms with E-state index < -0.39 is 28.5 Å². The van der Waals surface area contributed by atoms with Gasteiger partial charge in [0.2, 0.25) is 10.0 Å². The molecule has 3 rings (SSSR count). The third-order valence-electron chi connectivity index (χ3n) is 5.69. The van der Waals surface area contributed by atoms with Gasteiger partial charge >= 0.3 is 5.97 Å². The molecule has 1 aliphatic heterocycles. The number of para-hydroxylation sites is 1. The highest BCUT2D eigenvalue weighted by molar-refractivity contribution is 7.89. The Kier molecular flexibility index (Phi) is 8.68. The summed E-state index contributed by atoms with van der Waals surface area (Å²) < 4.78 is 37.9. The van der Waals surface area contributed by atoms with Crippen molar-refractivity contribution in [3.63, 3.8) is 0 Å². The van der Waals surface area contributed by atoms with Gasteiger partial charge in [0.05, 0.1) is 4.90 Å². The fourth-order valence-electron chi connectivity index (χ4n) is 3.75. The Balaban J connectivity index is 1.55. The van der Waals surface area contributed by atoms with Crippen molar-refractivity contribution in [1.82, 2.24) is 4.31 Å². The van der Waals surface area contributed by atoms with Crippen LogP contribution >= 0.6 is 0 Å². The minimum atomic E-state index is -3.63. The van der Waals surface area contributed by atoms with Gasteiger partial charge in [0, 0.05) is 18.8 Å². The lowest BCUT2D eigenvalue weighted by Crippen LogP contribution is -2.35. The van der Waals surface area contributed by atoms with Crippen molar-refractivity contribution < 1.29 is 27.5 Å². The molecule has 0 bridgehead atoms. The van der Waals surface area contributed by atoms with Crippen LogP contribution in [0.1, 0.15) is 50.2 Å². The summed E-state index contributed by atoms with van der Waals surface area (Å²) in [6.45, 7) is 5.99. The van der Waals surface area contributed by atoms with Gasteiger partial charge in [-0.05, 0) is 55.0 Å². The van der Waals surface area contributed by atoms with E-state index in [1.54, 1.807) is 25.1 Å². The topological polar surface area (TPSA) is 102 Å². The van der Waals surface area contributed by atoms with Gasteiger partial charge in [-0.2, -0.15) is 4.31 Å². The molecule has 1 fully saturated rings. The fraction of sp³-hybridized carbons (Fsp3) is 0.440. The van der Waals surface area contributed by atoms with E-state index in [1.807, 2.05) is 32.0 Å². The van der Waals surface area contributed by atoms with Crippen LogP contribution in [0, 0.1) is 6.92 Å². The Bertz CT molecular complexity index is 1120. The normalized spacial score (nSPS) is 14.6. The van der Waals surface area contributed by atoms with E-state index in [1.165, 1.54) is 10.4 Å². The number of amides is 1. The lowest BCUT2D eigenvalue weighted by molar-refractivity contribution is -0.149. The van der Waals surface area contributed by atoms with Gasteiger partial charge in [0.15, 0.2) is 13.2 Å². The zero-order chi connectivity index (χ0) is 24.7. The van der Waals surface area contributed by atoms with Crippen LogP contribution in [0.15, 0.2) is 47.4 Å². The lowest BCUT2D eigenvalue weighted by Gasteiger charge is -2.26. The minimum Gasteiger partial charge on any atom is -0.482 e. The summed E-state index contributed by atoms with van der Waals surface area (Å²) in [5, 5.41) is 2.64. The van der Waals surface area contributed by atoms with Gasteiger partial charge in [0.25, 0.3) is 5.91 Å². The number of hydrogen-bond acceptors (Lipinski definition) is 6. The monoisotopic (exact) mass is 488 g/mol. The molecule has 0 aromatic heterocycles. The zero-order valence-electron chi connectivity index (χ0n) is 19.9. The van der Waals surface area contributed by atoms with Crippen LogP contribution in [0.3, 0.4) is 0 Å². The predicted molar refractivity (Wildman–Crippen MR) is 129 cm³/mol. The van der Waals surface area contributed by atoms with Crippen LogP contribution in [-0.4, -0.2) is 50.9 Å². The highest BCUT2D eigenvalue weighted by Crippen LogP contribution is 2.26. The van der Waals surface area contributed by atoms with Gasteiger partial charge < -0.3 is 14.8 Å². The Hall–Kier alpha value is -2.91. The van der Waals surface area contributed by atoms with Crippen LogP contribution in [0.25, 0.3) is 0 Å². The molecule has 1 aliphatic rings. The van der Waals surface area contributed by atoms with Crippen molar-refractivity contribution in [2.24, 2.45) is 0 Å². The first kappa shape index (κ1) is 25.7. The van der Waals surface area contributed by atoms with E-state index in [0.717, 1.165) is 24.8 Å². The molecular weight excluding hydrogens is 456 g/mol. The van der Waals surface area contributed by atoms with Crippen molar-refractivity contribution in [2.75, 3.05) is 31.6 Å². The zero-order valence-corrected chi connectivity index (χ0v) is 20.7. The lowest BCUT2D eigenvalue weighted by atomic mass is 10.0. The number of rotatable bonds is 9. The van der Waals surface area contributed by atoms with Gasteiger partial charge in [-0.3, -0.25) is 4.79 Å². The van der Waals surface area contributed by atoms with E-state index in [2.05, 4.69) is 5.32 Å². The first-order valence-corrected chi connectivity index (χ1v) is 12.9. The molecule has 0 spiro atoms. The molecule has 0 aliphatic carbocycles. The molecule has 2 aromatic carbocycles. The summed E-state index contributed by atoms with van der Waals surface area (Å²) in [6.07, 6.45) is 2.70. The Morgan fingerprint density at radius 3 is 2.44 bits per heavy atom. The second kappa shape index (κ2) is 11.5. The number of aryl methyl sites for hydroxylation is 1. The van der Waals surface area contributed by atoms with Crippen molar-refractivity contribution in [3.8, 4) is 5.75 Å². The number of hydrogen-bond donors (Lipinski definition) is 1. The smallest absolute Gasteiger partial charge is 0.344 e. The van der Waals surface area contributed by atoms with Crippen LogP contribution in [0.2, 0.25) is 0 Å². The molecule has 184 valence electrons. The summed E-state index contributed by atoms with van der Waals surface area (Å²) in [5.41, 5.74) is 2.04. The highest BCUT2D eigenvalue weighted by atomic mass is 32.2. The number of anilines is 1. The summed E-state index contributed by atoms with van der Waals surface area (Å²) in [6, 6.07) is 12.1. The summed E-state index contributed by atoms with van der Waals surface area (Å²) in [7, 11) is -3.63. The SMILES string of the molecule is Cc1ccc(S(=O)(=O)N2CCCCC2)cc1NC(=O)COC(=O)COc1ccccc1C(C)C. The number of carbonyl (C=O) groups excluding carboxylic acids is 2. The maximum atomic E-state index is 12.9. The molecule has 0 radical (unpaired) electrons. The second-order valence-electron chi connectivity index (χ2n) is 8.63. The van der Waals surface area contributed by atoms with E-state index in [0.29, 0.717) is 30.1 Å². The third kappa shape index (κ3) is 6.57. The number of ether oxygens (including phenoxy) is 2. The van der Waals surface area contributed by atoms with Crippen molar-refractivity contribution >= 4 is 27.6 Å². The first-order chi connectivity index (χ1) is 16.2. The van der Waals surface area contributed by atoms with Crippen molar-refractivity contribution in [3.05, 3.63) is 53.6 Å². The molecule has 0 atom stereocenters. The summed E-state index contributed by atoms with van der Waals surface area (Å²) in [5.74, 6) is -0.407. The average Bonchev–Trinajstić information content (AvgIpc) is 2.83. The molecule has 0 saturated carbocycles. The number of carbonyl (C=O) groups is 2. The molecule has 0 unspecified atom stereocenters. The third-order valence-corrected chi connectivity index (χ3v) is 7.58. The molecular formula is C25H32N2O6S.